The SMILES string of the molecule is O=S(=O)(Nc1cccc2c1CCCC2)c1cc(F)cc(F)c1. The molecule has 0 aliphatic heterocycles. The predicted molar refractivity (Wildman–Crippen MR) is 80.3 cm³/mol. The van der Waals surface area contributed by atoms with Crippen LogP contribution in [0.1, 0.15) is 24.0 Å². The monoisotopic (exact) mass is 323 g/mol. The molecule has 0 aromatic heterocycles. The van der Waals surface area contributed by atoms with E-state index in [2.05, 4.69) is 4.72 Å². The predicted octanol–water partition coefficient (Wildman–Crippen LogP) is 3.64. The highest BCUT2D eigenvalue weighted by Crippen LogP contribution is 2.29. The van der Waals surface area contributed by atoms with E-state index in [-0.39, 0.29) is 0 Å². The Bertz CT molecular complexity index is 799. The largest absolute Gasteiger partial charge is 0.279 e. The van der Waals surface area contributed by atoms with Crippen LogP contribution in [0.5, 0.6) is 0 Å². The normalized spacial score (nSPS) is 14.5. The molecular formula is C16H15F2NO2S. The Kier molecular flexibility index (Phi) is 3.87. The molecule has 6 heteroatoms. The molecule has 0 spiro atoms. The zero-order valence-electron chi connectivity index (χ0n) is 11.8. The van der Waals surface area contributed by atoms with Crippen molar-refractivity contribution in [3.05, 3.63) is 59.2 Å². The van der Waals surface area contributed by atoms with Crippen molar-refractivity contribution in [1.29, 1.82) is 0 Å². The van der Waals surface area contributed by atoms with Gasteiger partial charge in [-0.15, -0.1) is 0 Å². The number of halogens is 2. The summed E-state index contributed by atoms with van der Waals surface area (Å²) in [6.45, 7) is 0. The molecule has 116 valence electrons. The summed E-state index contributed by atoms with van der Waals surface area (Å²) in [6.07, 6.45) is 3.80. The minimum atomic E-state index is -4.02. The first-order valence-corrected chi connectivity index (χ1v) is 8.54. The summed E-state index contributed by atoms with van der Waals surface area (Å²) in [5.74, 6) is -1.84. The van der Waals surface area contributed by atoms with Crippen molar-refractivity contribution >= 4 is 15.7 Å². The molecule has 0 bridgehead atoms. The van der Waals surface area contributed by atoms with Crippen LogP contribution in [0.4, 0.5) is 14.5 Å². The van der Waals surface area contributed by atoms with Crippen molar-refractivity contribution in [2.75, 3.05) is 4.72 Å². The van der Waals surface area contributed by atoms with Gasteiger partial charge in [-0.3, -0.25) is 4.72 Å². The van der Waals surface area contributed by atoms with Gasteiger partial charge in [0.2, 0.25) is 0 Å². The molecule has 3 rings (SSSR count). The Labute approximate surface area is 128 Å². The number of benzene rings is 2. The highest BCUT2D eigenvalue weighted by atomic mass is 32.2. The lowest BCUT2D eigenvalue weighted by Crippen LogP contribution is -2.16. The fourth-order valence-corrected chi connectivity index (χ4v) is 3.90. The van der Waals surface area contributed by atoms with E-state index >= 15 is 0 Å². The molecule has 0 amide bonds. The topological polar surface area (TPSA) is 46.2 Å². The first-order valence-electron chi connectivity index (χ1n) is 7.05. The first kappa shape index (κ1) is 15.0. The van der Waals surface area contributed by atoms with Crippen molar-refractivity contribution in [3.8, 4) is 0 Å². The van der Waals surface area contributed by atoms with Gasteiger partial charge in [-0.1, -0.05) is 12.1 Å². The fourth-order valence-electron chi connectivity index (χ4n) is 2.76. The van der Waals surface area contributed by atoms with Crippen LogP contribution in [0.15, 0.2) is 41.3 Å². The van der Waals surface area contributed by atoms with Crippen LogP contribution in [-0.4, -0.2) is 8.42 Å². The van der Waals surface area contributed by atoms with E-state index in [0.29, 0.717) is 11.8 Å². The van der Waals surface area contributed by atoms with Crippen molar-refractivity contribution in [3.63, 3.8) is 0 Å². The number of fused-ring (bicyclic) bond motifs is 1. The van der Waals surface area contributed by atoms with E-state index in [1.165, 1.54) is 0 Å². The molecule has 0 saturated carbocycles. The van der Waals surface area contributed by atoms with Gasteiger partial charge >= 0.3 is 0 Å². The van der Waals surface area contributed by atoms with Gasteiger partial charge in [0.15, 0.2) is 0 Å². The zero-order valence-corrected chi connectivity index (χ0v) is 12.6. The molecule has 0 atom stereocenters. The Hall–Kier alpha value is -1.95. The van der Waals surface area contributed by atoms with Crippen LogP contribution in [0.25, 0.3) is 0 Å². The number of hydrogen-bond acceptors (Lipinski definition) is 2. The lowest BCUT2D eigenvalue weighted by Gasteiger charge is -2.20. The van der Waals surface area contributed by atoms with Crippen molar-refractivity contribution < 1.29 is 17.2 Å². The molecule has 0 unspecified atom stereocenters. The molecule has 1 aliphatic carbocycles. The maximum atomic E-state index is 13.2. The van der Waals surface area contributed by atoms with Gasteiger partial charge in [0.1, 0.15) is 11.6 Å². The van der Waals surface area contributed by atoms with Crippen molar-refractivity contribution in [1.82, 2.24) is 0 Å². The zero-order chi connectivity index (χ0) is 15.7. The Balaban J connectivity index is 1.98. The van der Waals surface area contributed by atoms with Crippen LogP contribution >= 0.6 is 0 Å². The van der Waals surface area contributed by atoms with Gasteiger partial charge in [0, 0.05) is 6.07 Å². The number of anilines is 1. The summed E-state index contributed by atoms with van der Waals surface area (Å²) in [6, 6.07) is 7.70. The Morgan fingerprint density at radius 1 is 0.955 bits per heavy atom. The highest BCUT2D eigenvalue weighted by molar-refractivity contribution is 7.92. The van der Waals surface area contributed by atoms with Gasteiger partial charge in [0.25, 0.3) is 10.0 Å². The highest BCUT2D eigenvalue weighted by Gasteiger charge is 2.20. The summed E-state index contributed by atoms with van der Waals surface area (Å²) in [5.41, 5.74) is 2.58. The molecule has 3 nitrogen and oxygen atoms in total. The van der Waals surface area contributed by atoms with E-state index in [1.807, 2.05) is 6.07 Å². The van der Waals surface area contributed by atoms with Gasteiger partial charge in [-0.2, -0.15) is 0 Å². The Morgan fingerprint density at radius 2 is 1.64 bits per heavy atom. The van der Waals surface area contributed by atoms with Gasteiger partial charge < -0.3 is 0 Å². The van der Waals surface area contributed by atoms with Gasteiger partial charge in [0.05, 0.1) is 10.6 Å². The molecular weight excluding hydrogens is 308 g/mol. The third-order valence-corrected chi connectivity index (χ3v) is 5.13. The maximum absolute atomic E-state index is 13.2. The summed E-state index contributed by atoms with van der Waals surface area (Å²) < 4.78 is 53.6. The van der Waals surface area contributed by atoms with Crippen LogP contribution in [-0.2, 0) is 22.9 Å². The molecule has 0 fully saturated rings. The molecule has 1 N–H and O–H groups in total. The summed E-state index contributed by atoms with van der Waals surface area (Å²) in [4.78, 5) is -0.418. The number of nitrogens with one attached hydrogen (secondary N) is 1. The van der Waals surface area contributed by atoms with Gasteiger partial charge in [-0.25, -0.2) is 17.2 Å². The second-order valence-corrected chi connectivity index (χ2v) is 7.04. The Morgan fingerprint density at radius 3 is 2.36 bits per heavy atom. The number of aryl methyl sites for hydroxylation is 1. The van der Waals surface area contributed by atoms with E-state index < -0.39 is 26.6 Å². The number of rotatable bonds is 3. The molecule has 22 heavy (non-hydrogen) atoms. The summed E-state index contributed by atoms with van der Waals surface area (Å²) in [7, 11) is -4.02. The first-order chi connectivity index (χ1) is 10.5. The number of sulfonamides is 1. The average Bonchev–Trinajstić information content (AvgIpc) is 2.46. The summed E-state index contributed by atoms with van der Waals surface area (Å²) >= 11 is 0. The lowest BCUT2D eigenvalue weighted by atomic mass is 9.91. The molecule has 0 radical (unpaired) electrons. The van der Waals surface area contributed by atoms with Crippen LogP contribution in [0.2, 0.25) is 0 Å². The second-order valence-electron chi connectivity index (χ2n) is 5.36. The maximum Gasteiger partial charge on any atom is 0.262 e. The van der Waals surface area contributed by atoms with Crippen LogP contribution in [0, 0.1) is 11.6 Å². The average molecular weight is 323 g/mol. The van der Waals surface area contributed by atoms with Gasteiger partial charge in [-0.05, 0) is 55.0 Å². The fraction of sp³-hybridized carbons (Fsp3) is 0.250. The minimum Gasteiger partial charge on any atom is -0.279 e. The van der Waals surface area contributed by atoms with E-state index in [0.717, 1.165) is 48.9 Å². The number of hydrogen-bond donors (Lipinski definition) is 1. The molecule has 0 heterocycles. The molecule has 2 aromatic rings. The second kappa shape index (κ2) is 5.68. The van der Waals surface area contributed by atoms with Crippen molar-refractivity contribution in [2.45, 2.75) is 30.6 Å². The summed E-state index contributed by atoms with van der Waals surface area (Å²) in [5, 5.41) is 0. The van der Waals surface area contributed by atoms with E-state index in [9.17, 15) is 17.2 Å². The van der Waals surface area contributed by atoms with E-state index in [1.54, 1.807) is 12.1 Å². The standard InChI is InChI=1S/C16H15F2NO2S/c17-12-8-13(18)10-14(9-12)22(20,21)19-16-7-3-5-11-4-1-2-6-15(11)16/h3,5,7-10,19H,1-2,4,6H2. The van der Waals surface area contributed by atoms with Crippen LogP contribution < -0.4 is 4.72 Å². The lowest BCUT2D eigenvalue weighted by molar-refractivity contribution is 0.568. The van der Waals surface area contributed by atoms with Crippen LogP contribution in [0.3, 0.4) is 0 Å². The third kappa shape index (κ3) is 2.97. The minimum absolute atomic E-state index is 0.418. The quantitative estimate of drug-likeness (QED) is 0.937. The van der Waals surface area contributed by atoms with E-state index in [4.69, 9.17) is 0 Å². The smallest absolute Gasteiger partial charge is 0.262 e. The molecule has 0 saturated heterocycles. The van der Waals surface area contributed by atoms with Crippen molar-refractivity contribution in [2.24, 2.45) is 0 Å². The third-order valence-electron chi connectivity index (χ3n) is 3.79. The molecule has 2 aromatic carbocycles. The molecule has 1 aliphatic rings.